The van der Waals surface area contributed by atoms with Crippen molar-refractivity contribution in [2.24, 2.45) is 5.92 Å². The molecular formula is C11H19N3O. The Morgan fingerprint density at radius 3 is 3.07 bits per heavy atom. The van der Waals surface area contributed by atoms with E-state index in [0.717, 1.165) is 31.6 Å². The van der Waals surface area contributed by atoms with Gasteiger partial charge in [0.05, 0.1) is 6.20 Å². The van der Waals surface area contributed by atoms with Gasteiger partial charge in [0.1, 0.15) is 6.26 Å². The largest absolute Gasteiger partial charge is 0.432 e. The Bertz CT molecular complexity index is 278. The van der Waals surface area contributed by atoms with E-state index in [4.69, 9.17) is 4.42 Å². The van der Waals surface area contributed by atoms with Crippen LogP contribution in [0.4, 0.5) is 6.01 Å². The lowest BCUT2D eigenvalue weighted by molar-refractivity contribution is 0.469. The molecule has 1 saturated heterocycles. The highest BCUT2D eigenvalue weighted by molar-refractivity contribution is 5.26. The quantitative estimate of drug-likeness (QED) is 0.816. The Balaban J connectivity index is 2.00. The molecule has 4 heteroatoms. The van der Waals surface area contributed by atoms with Gasteiger partial charge in [-0.05, 0) is 39.3 Å². The summed E-state index contributed by atoms with van der Waals surface area (Å²) in [6.45, 7) is 7.64. The van der Waals surface area contributed by atoms with Crippen LogP contribution in [0.5, 0.6) is 0 Å². The van der Waals surface area contributed by atoms with Crippen molar-refractivity contribution in [2.75, 3.05) is 24.5 Å². The van der Waals surface area contributed by atoms with Crippen molar-refractivity contribution >= 4 is 6.01 Å². The fourth-order valence-corrected chi connectivity index (χ4v) is 2.02. The molecule has 1 aromatic heterocycles. The molecule has 1 aliphatic heterocycles. The highest BCUT2D eigenvalue weighted by Crippen LogP contribution is 2.18. The van der Waals surface area contributed by atoms with Crippen LogP contribution in [0.25, 0.3) is 0 Å². The summed E-state index contributed by atoms with van der Waals surface area (Å²) in [4.78, 5) is 6.45. The molecule has 0 amide bonds. The van der Waals surface area contributed by atoms with Gasteiger partial charge in [-0.15, -0.1) is 0 Å². The number of hydrogen-bond donors (Lipinski definition) is 1. The molecule has 2 heterocycles. The normalized spacial score (nSPS) is 21.1. The lowest BCUT2D eigenvalue weighted by Crippen LogP contribution is -2.36. The molecule has 0 saturated carbocycles. The minimum atomic E-state index is 0.434. The van der Waals surface area contributed by atoms with E-state index in [1.165, 1.54) is 6.42 Å². The lowest BCUT2D eigenvalue weighted by Gasteiger charge is -2.27. The summed E-state index contributed by atoms with van der Waals surface area (Å²) in [7, 11) is 0. The summed E-state index contributed by atoms with van der Waals surface area (Å²) in [5.74, 6) is 0.722. The number of nitrogens with zero attached hydrogens (tertiary/aromatic N) is 2. The van der Waals surface area contributed by atoms with Crippen molar-refractivity contribution < 1.29 is 4.42 Å². The molecule has 0 aliphatic carbocycles. The molecule has 0 aromatic carbocycles. The third kappa shape index (κ3) is 2.50. The fourth-order valence-electron chi connectivity index (χ4n) is 2.02. The smallest absolute Gasteiger partial charge is 0.297 e. The summed E-state index contributed by atoms with van der Waals surface area (Å²) >= 11 is 0. The number of aromatic nitrogens is 1. The van der Waals surface area contributed by atoms with Crippen LogP contribution in [0.2, 0.25) is 0 Å². The maximum atomic E-state index is 5.36. The number of nitrogens with one attached hydrogen (secondary N) is 1. The molecule has 1 N–H and O–H groups in total. The maximum absolute atomic E-state index is 5.36. The third-order valence-corrected chi connectivity index (χ3v) is 2.91. The van der Waals surface area contributed by atoms with E-state index in [1.54, 1.807) is 12.5 Å². The summed E-state index contributed by atoms with van der Waals surface area (Å²) in [5.41, 5.74) is 0. The molecule has 1 atom stereocenters. The molecule has 1 aromatic rings. The van der Waals surface area contributed by atoms with Gasteiger partial charge >= 0.3 is 0 Å². The summed E-state index contributed by atoms with van der Waals surface area (Å²) in [5, 5.41) is 3.38. The second kappa shape index (κ2) is 4.66. The zero-order chi connectivity index (χ0) is 10.7. The molecular weight excluding hydrogens is 190 g/mol. The van der Waals surface area contributed by atoms with Gasteiger partial charge in [0.2, 0.25) is 0 Å². The van der Waals surface area contributed by atoms with Crippen LogP contribution in [0.15, 0.2) is 16.9 Å². The van der Waals surface area contributed by atoms with Crippen LogP contribution in [0.3, 0.4) is 0 Å². The molecule has 2 rings (SSSR count). The predicted octanol–water partition coefficient (Wildman–Crippen LogP) is 1.50. The molecule has 0 bridgehead atoms. The monoisotopic (exact) mass is 209 g/mol. The first-order valence-electron chi connectivity index (χ1n) is 5.64. The second-order valence-corrected chi connectivity index (χ2v) is 4.42. The Morgan fingerprint density at radius 1 is 1.67 bits per heavy atom. The fraction of sp³-hybridized carbons (Fsp3) is 0.727. The number of anilines is 1. The Labute approximate surface area is 90.7 Å². The van der Waals surface area contributed by atoms with E-state index in [0.29, 0.717) is 6.04 Å². The van der Waals surface area contributed by atoms with Crippen LogP contribution < -0.4 is 10.2 Å². The van der Waals surface area contributed by atoms with Gasteiger partial charge in [-0.25, -0.2) is 4.98 Å². The zero-order valence-electron chi connectivity index (χ0n) is 9.44. The Kier molecular flexibility index (Phi) is 3.26. The molecule has 15 heavy (non-hydrogen) atoms. The van der Waals surface area contributed by atoms with Crippen LogP contribution in [-0.4, -0.2) is 30.7 Å². The van der Waals surface area contributed by atoms with Gasteiger partial charge in [-0.1, -0.05) is 0 Å². The number of hydrogen-bond acceptors (Lipinski definition) is 4. The van der Waals surface area contributed by atoms with Gasteiger partial charge in [-0.3, -0.25) is 0 Å². The van der Waals surface area contributed by atoms with E-state index in [1.807, 2.05) is 0 Å². The molecule has 0 radical (unpaired) electrons. The van der Waals surface area contributed by atoms with E-state index < -0.39 is 0 Å². The lowest BCUT2D eigenvalue weighted by atomic mass is 10.1. The second-order valence-electron chi connectivity index (χ2n) is 4.42. The van der Waals surface area contributed by atoms with Gasteiger partial charge in [0.25, 0.3) is 6.01 Å². The van der Waals surface area contributed by atoms with Crippen molar-refractivity contribution in [1.29, 1.82) is 0 Å². The summed E-state index contributed by atoms with van der Waals surface area (Å²) in [6, 6.07) is 1.18. The van der Waals surface area contributed by atoms with E-state index >= 15 is 0 Å². The topological polar surface area (TPSA) is 41.3 Å². The summed E-state index contributed by atoms with van der Waals surface area (Å²) < 4.78 is 5.36. The van der Waals surface area contributed by atoms with Crippen molar-refractivity contribution in [3.8, 4) is 0 Å². The minimum Gasteiger partial charge on any atom is -0.432 e. The van der Waals surface area contributed by atoms with E-state index in [-0.39, 0.29) is 0 Å². The molecule has 1 aliphatic rings. The van der Waals surface area contributed by atoms with Gasteiger partial charge < -0.3 is 14.6 Å². The van der Waals surface area contributed by atoms with Gasteiger partial charge in [-0.2, -0.15) is 0 Å². The molecule has 4 nitrogen and oxygen atoms in total. The average Bonchev–Trinajstić information content (AvgIpc) is 2.87. The maximum Gasteiger partial charge on any atom is 0.297 e. The first-order chi connectivity index (χ1) is 7.27. The van der Waals surface area contributed by atoms with Crippen molar-refractivity contribution in [3.05, 3.63) is 12.5 Å². The van der Waals surface area contributed by atoms with Crippen LogP contribution >= 0.6 is 0 Å². The zero-order valence-corrected chi connectivity index (χ0v) is 9.44. The highest BCUT2D eigenvalue weighted by atomic mass is 16.4. The van der Waals surface area contributed by atoms with Gasteiger partial charge in [0.15, 0.2) is 0 Å². The minimum absolute atomic E-state index is 0.434. The third-order valence-electron chi connectivity index (χ3n) is 2.91. The number of oxazole rings is 1. The predicted molar refractivity (Wildman–Crippen MR) is 60.0 cm³/mol. The van der Waals surface area contributed by atoms with Crippen LogP contribution in [0, 0.1) is 5.92 Å². The summed E-state index contributed by atoms with van der Waals surface area (Å²) in [6.07, 6.45) is 4.60. The molecule has 1 fully saturated rings. The average molecular weight is 209 g/mol. The van der Waals surface area contributed by atoms with Crippen molar-refractivity contribution in [3.63, 3.8) is 0 Å². The molecule has 0 spiro atoms. The molecule has 1 unspecified atom stereocenters. The number of rotatable bonds is 4. The van der Waals surface area contributed by atoms with Crippen molar-refractivity contribution in [1.82, 2.24) is 10.3 Å². The van der Waals surface area contributed by atoms with E-state index in [2.05, 4.69) is 29.0 Å². The Morgan fingerprint density at radius 2 is 2.53 bits per heavy atom. The van der Waals surface area contributed by atoms with Gasteiger partial charge in [0, 0.05) is 12.6 Å². The van der Waals surface area contributed by atoms with E-state index in [9.17, 15) is 0 Å². The standard InChI is InChI=1S/C11H19N3O/c1-9(2)14(11-13-5-6-15-11)8-10-3-4-12-7-10/h5-6,9-10,12H,3-4,7-8H2,1-2H3. The van der Waals surface area contributed by atoms with Crippen LogP contribution in [-0.2, 0) is 0 Å². The van der Waals surface area contributed by atoms with Crippen molar-refractivity contribution in [2.45, 2.75) is 26.3 Å². The molecule has 84 valence electrons. The highest BCUT2D eigenvalue weighted by Gasteiger charge is 2.22. The SMILES string of the molecule is CC(C)N(CC1CCNC1)c1ncco1. The Hall–Kier alpha value is -1.03. The first-order valence-corrected chi connectivity index (χ1v) is 5.64. The first kappa shape index (κ1) is 10.5. The van der Waals surface area contributed by atoms with Crippen LogP contribution in [0.1, 0.15) is 20.3 Å².